The van der Waals surface area contributed by atoms with Crippen LogP contribution in [-0.2, 0) is 21.0 Å². The summed E-state index contributed by atoms with van der Waals surface area (Å²) in [7, 11) is -3.22. The lowest BCUT2D eigenvalue weighted by Crippen LogP contribution is -2.45. The first kappa shape index (κ1) is 29.5. The minimum absolute atomic E-state index is 0.00538. The number of benzene rings is 1. The lowest BCUT2D eigenvalue weighted by Gasteiger charge is -2.36. The molecule has 1 unspecified atom stereocenters. The minimum Gasteiger partial charge on any atom is -0.395 e. The normalized spacial score (nSPS) is 18.5. The molecular weight excluding hydrogens is 559 g/mol. The Morgan fingerprint density at radius 1 is 1.12 bits per heavy atom. The molecule has 1 saturated heterocycles. The molecule has 12 heteroatoms. The fraction of sp³-hybridized carbons (Fsp3) is 0.333. The van der Waals surface area contributed by atoms with Gasteiger partial charge in [0.1, 0.15) is 11.6 Å². The molecule has 4 aromatic rings. The Bertz CT molecular complexity index is 1740. The fourth-order valence-electron chi connectivity index (χ4n) is 5.05. The maximum Gasteiger partial charge on any atom is 0.251 e. The molecule has 1 fully saturated rings. The van der Waals surface area contributed by atoms with Gasteiger partial charge in [0.25, 0.3) is 5.91 Å². The van der Waals surface area contributed by atoms with E-state index >= 15 is 0 Å². The second-order valence-electron chi connectivity index (χ2n) is 10.5. The number of halogens is 1. The summed E-state index contributed by atoms with van der Waals surface area (Å²) in [5, 5.41) is 12.8. The number of fused-ring (bicyclic) bond motifs is 1. The minimum atomic E-state index is -3.22. The number of aryl methyl sites for hydroxylation is 1. The standard InChI is InChI=1S/C30H33FN6O4S/c1-18-4-5-21(10-28(18)42(32,40)9-8-38)30(39)34-15-24-13-26-22(14-33-24)6-7-25(35-26)27-11-23(31)12-29(36-27)37-16-19(2)41-20(3)17-37/h4-7,10-14,19-20,32,38H,8-9,15-17H2,1-3H3,(H,34,39)/t19-,20+,42?. The van der Waals surface area contributed by atoms with Gasteiger partial charge in [0, 0.05) is 42.4 Å². The number of pyridine rings is 3. The highest BCUT2D eigenvalue weighted by molar-refractivity contribution is 7.92. The number of morpholine rings is 1. The number of anilines is 1. The van der Waals surface area contributed by atoms with Gasteiger partial charge in [0.15, 0.2) is 0 Å². The van der Waals surface area contributed by atoms with E-state index in [0.717, 1.165) is 5.39 Å². The van der Waals surface area contributed by atoms with Crippen molar-refractivity contribution >= 4 is 32.4 Å². The third kappa shape index (κ3) is 6.56. The van der Waals surface area contributed by atoms with Crippen LogP contribution < -0.4 is 10.2 Å². The summed E-state index contributed by atoms with van der Waals surface area (Å²) in [6.45, 7) is 6.62. The molecule has 1 aromatic carbocycles. The van der Waals surface area contributed by atoms with Crippen LogP contribution in [0.1, 0.15) is 35.5 Å². The van der Waals surface area contributed by atoms with Crippen LogP contribution in [0.3, 0.4) is 0 Å². The van der Waals surface area contributed by atoms with Crippen LogP contribution >= 0.6 is 0 Å². The second kappa shape index (κ2) is 12.1. The maximum absolute atomic E-state index is 14.7. The van der Waals surface area contributed by atoms with Crippen molar-refractivity contribution in [2.75, 3.05) is 30.3 Å². The highest BCUT2D eigenvalue weighted by Crippen LogP contribution is 2.26. The van der Waals surface area contributed by atoms with Crippen LogP contribution in [0.5, 0.6) is 0 Å². The molecule has 0 radical (unpaired) electrons. The zero-order valence-corrected chi connectivity index (χ0v) is 24.4. The number of ether oxygens (including phenoxy) is 1. The van der Waals surface area contributed by atoms with E-state index in [1.807, 2.05) is 24.8 Å². The number of carbonyl (C=O) groups is 1. The van der Waals surface area contributed by atoms with Gasteiger partial charge in [-0.3, -0.25) is 9.78 Å². The van der Waals surface area contributed by atoms with Crippen molar-refractivity contribution < 1.29 is 23.2 Å². The van der Waals surface area contributed by atoms with Gasteiger partial charge in [-0.15, -0.1) is 0 Å². The molecule has 42 heavy (non-hydrogen) atoms. The van der Waals surface area contributed by atoms with Gasteiger partial charge >= 0.3 is 0 Å². The Morgan fingerprint density at radius 3 is 2.62 bits per heavy atom. The summed E-state index contributed by atoms with van der Waals surface area (Å²) >= 11 is 0. The molecule has 0 saturated carbocycles. The number of nitrogens with zero attached hydrogens (tertiary/aromatic N) is 4. The number of hydrogen-bond donors (Lipinski definition) is 3. The van der Waals surface area contributed by atoms with E-state index in [9.17, 15) is 18.5 Å². The quantitative estimate of drug-likeness (QED) is 0.278. The van der Waals surface area contributed by atoms with Crippen LogP contribution in [0.25, 0.3) is 22.3 Å². The Morgan fingerprint density at radius 2 is 1.88 bits per heavy atom. The molecule has 1 aliphatic heterocycles. The third-order valence-corrected chi connectivity index (χ3v) is 8.94. The van der Waals surface area contributed by atoms with E-state index < -0.39 is 21.5 Å². The molecule has 0 aliphatic carbocycles. The molecule has 1 amide bonds. The summed E-state index contributed by atoms with van der Waals surface area (Å²) in [5.41, 5.74) is 2.96. The van der Waals surface area contributed by atoms with Crippen molar-refractivity contribution in [3.63, 3.8) is 0 Å². The van der Waals surface area contributed by atoms with Crippen LogP contribution in [0.2, 0.25) is 0 Å². The number of aliphatic hydroxyl groups is 1. The molecule has 5 rings (SSSR count). The van der Waals surface area contributed by atoms with Crippen LogP contribution in [0.15, 0.2) is 59.6 Å². The lowest BCUT2D eigenvalue weighted by atomic mass is 10.1. The number of aliphatic hydroxyl groups excluding tert-OH is 1. The number of aromatic nitrogens is 3. The molecule has 3 atom stereocenters. The summed E-state index contributed by atoms with van der Waals surface area (Å²) in [5.74, 6) is -0.489. The average molecular weight is 593 g/mol. The monoisotopic (exact) mass is 592 g/mol. The topological polar surface area (TPSA) is 141 Å². The summed E-state index contributed by atoms with van der Waals surface area (Å²) in [6, 6.07) is 12.8. The Labute approximate surface area is 244 Å². The maximum atomic E-state index is 14.7. The van der Waals surface area contributed by atoms with Crippen molar-refractivity contribution in [2.45, 2.75) is 44.4 Å². The highest BCUT2D eigenvalue weighted by atomic mass is 32.2. The Kier molecular flexibility index (Phi) is 8.48. The Balaban J connectivity index is 1.35. The van der Waals surface area contributed by atoms with Crippen LogP contribution in [-0.4, -0.2) is 67.8 Å². The second-order valence-corrected chi connectivity index (χ2v) is 12.7. The van der Waals surface area contributed by atoms with Gasteiger partial charge in [-0.05, 0) is 56.7 Å². The summed E-state index contributed by atoms with van der Waals surface area (Å²) < 4.78 is 41.3. The molecule has 3 aromatic heterocycles. The van der Waals surface area contributed by atoms with E-state index in [1.54, 1.807) is 37.4 Å². The van der Waals surface area contributed by atoms with E-state index in [0.29, 0.717) is 47.1 Å². The predicted molar refractivity (Wildman–Crippen MR) is 158 cm³/mol. The third-order valence-electron chi connectivity index (χ3n) is 7.03. The van der Waals surface area contributed by atoms with Gasteiger partial charge in [-0.1, -0.05) is 6.07 Å². The number of rotatable bonds is 8. The highest BCUT2D eigenvalue weighted by Gasteiger charge is 2.24. The SMILES string of the molecule is Cc1ccc(C(=O)NCc2cc3nc(-c4cc(F)cc(N5C[C@@H](C)O[C@@H](C)C5)n4)ccc3cn2)cc1S(=N)(=O)CCO. The lowest BCUT2D eigenvalue weighted by molar-refractivity contribution is -0.00547. The van der Waals surface area contributed by atoms with Crippen LogP contribution in [0.4, 0.5) is 10.2 Å². The molecule has 10 nitrogen and oxygen atoms in total. The fourth-order valence-corrected chi connectivity index (χ4v) is 6.43. The van der Waals surface area contributed by atoms with Crippen molar-refractivity contribution in [1.29, 1.82) is 4.78 Å². The van der Waals surface area contributed by atoms with Gasteiger partial charge in [-0.25, -0.2) is 23.3 Å². The van der Waals surface area contributed by atoms with Gasteiger partial charge in [-0.2, -0.15) is 0 Å². The zero-order valence-electron chi connectivity index (χ0n) is 23.6. The van der Waals surface area contributed by atoms with E-state index in [4.69, 9.17) is 19.5 Å². The molecule has 4 heterocycles. The number of hydrogen-bond acceptors (Lipinski definition) is 9. The van der Waals surface area contributed by atoms with Crippen molar-refractivity contribution in [1.82, 2.24) is 20.3 Å². The molecule has 220 valence electrons. The van der Waals surface area contributed by atoms with Crippen molar-refractivity contribution in [2.24, 2.45) is 0 Å². The first-order valence-electron chi connectivity index (χ1n) is 13.6. The van der Waals surface area contributed by atoms with Crippen LogP contribution in [0, 0.1) is 17.5 Å². The molecule has 0 spiro atoms. The number of nitrogens with one attached hydrogen (secondary N) is 2. The van der Waals surface area contributed by atoms with Gasteiger partial charge < -0.3 is 20.1 Å². The van der Waals surface area contributed by atoms with E-state index in [2.05, 4.69) is 10.3 Å². The van der Waals surface area contributed by atoms with Crippen molar-refractivity contribution in [3.8, 4) is 11.4 Å². The van der Waals surface area contributed by atoms with Gasteiger partial charge in [0.05, 0.1) is 68.3 Å². The molecule has 0 bridgehead atoms. The van der Waals surface area contributed by atoms with Crippen molar-refractivity contribution in [3.05, 3.63) is 77.4 Å². The molecule has 3 N–H and O–H groups in total. The number of carbonyl (C=O) groups excluding carboxylic acids is 1. The average Bonchev–Trinajstić information content (AvgIpc) is 2.94. The largest absolute Gasteiger partial charge is 0.395 e. The van der Waals surface area contributed by atoms with E-state index in [1.165, 1.54) is 18.2 Å². The van der Waals surface area contributed by atoms with E-state index in [-0.39, 0.29) is 41.6 Å². The molecular formula is C30H33FN6O4S. The Hall–Kier alpha value is -4.00. The molecule has 1 aliphatic rings. The first-order valence-corrected chi connectivity index (χ1v) is 15.4. The van der Waals surface area contributed by atoms with Gasteiger partial charge in [0.2, 0.25) is 0 Å². The number of amides is 1. The predicted octanol–water partition coefficient (Wildman–Crippen LogP) is 4.08. The summed E-state index contributed by atoms with van der Waals surface area (Å²) in [4.78, 5) is 29.0. The zero-order chi connectivity index (χ0) is 30.0. The first-order chi connectivity index (χ1) is 20.0. The smallest absolute Gasteiger partial charge is 0.251 e. The summed E-state index contributed by atoms with van der Waals surface area (Å²) in [6.07, 6.45) is 1.67.